The highest BCUT2D eigenvalue weighted by atomic mass is 32.2. The number of ether oxygens (including phenoxy) is 1. The largest absolute Gasteiger partial charge is 0.616 e. The second-order valence-electron chi connectivity index (χ2n) is 4.44. The van der Waals surface area contributed by atoms with Crippen LogP contribution >= 0.6 is 0 Å². The van der Waals surface area contributed by atoms with Gasteiger partial charge >= 0.3 is 0 Å². The summed E-state index contributed by atoms with van der Waals surface area (Å²) < 4.78 is 16.1. The summed E-state index contributed by atoms with van der Waals surface area (Å²) in [4.78, 5) is 11.1. The van der Waals surface area contributed by atoms with Crippen molar-refractivity contribution in [2.24, 2.45) is 11.7 Å². The van der Waals surface area contributed by atoms with E-state index in [4.69, 9.17) is 10.5 Å². The standard InChI is InChI=1S/C10H19NO3S/c1-10(2,9(11)12)15(13)6-4-8-3-5-14-7-8/h8H,3-7H2,1-2H3,(H2,11,12)/t8-,15+/m0/s1. The fourth-order valence-electron chi connectivity index (χ4n) is 1.45. The lowest BCUT2D eigenvalue weighted by molar-refractivity contribution is -0.119. The molecule has 2 atom stereocenters. The summed E-state index contributed by atoms with van der Waals surface area (Å²) in [5, 5.41) is 0. The minimum atomic E-state index is -1.19. The molecule has 0 aromatic carbocycles. The van der Waals surface area contributed by atoms with E-state index in [1.165, 1.54) is 0 Å². The zero-order valence-electron chi connectivity index (χ0n) is 9.32. The first-order chi connectivity index (χ1) is 6.94. The molecule has 0 aromatic heterocycles. The number of amides is 1. The van der Waals surface area contributed by atoms with Crippen molar-refractivity contribution in [2.75, 3.05) is 19.0 Å². The van der Waals surface area contributed by atoms with Gasteiger partial charge in [0.1, 0.15) is 5.75 Å². The van der Waals surface area contributed by atoms with Gasteiger partial charge in [0.15, 0.2) is 4.75 Å². The normalized spacial score (nSPS) is 24.1. The van der Waals surface area contributed by atoms with Gasteiger partial charge in [0.05, 0.1) is 0 Å². The van der Waals surface area contributed by atoms with Crippen LogP contribution in [0.15, 0.2) is 0 Å². The molecule has 0 saturated carbocycles. The van der Waals surface area contributed by atoms with Crippen LogP contribution in [0.3, 0.4) is 0 Å². The number of nitrogens with two attached hydrogens (primary N) is 1. The second kappa shape index (κ2) is 5.18. The Morgan fingerprint density at radius 3 is 2.80 bits per heavy atom. The first-order valence-electron chi connectivity index (χ1n) is 5.20. The highest BCUT2D eigenvalue weighted by molar-refractivity contribution is 7.93. The maximum Gasteiger partial charge on any atom is 0.273 e. The first-order valence-corrected chi connectivity index (χ1v) is 6.52. The Bertz CT molecular complexity index is 227. The number of primary amides is 1. The molecule has 1 amide bonds. The van der Waals surface area contributed by atoms with Gasteiger partial charge in [-0.15, -0.1) is 0 Å². The van der Waals surface area contributed by atoms with E-state index in [0.717, 1.165) is 26.1 Å². The molecule has 0 radical (unpaired) electrons. The molecule has 1 heterocycles. The molecule has 4 nitrogen and oxygen atoms in total. The summed E-state index contributed by atoms with van der Waals surface area (Å²) in [6.45, 7) is 4.83. The average molecular weight is 233 g/mol. The van der Waals surface area contributed by atoms with Gasteiger partial charge < -0.3 is 15.0 Å². The predicted octanol–water partition coefficient (Wildman–Crippen LogP) is 0.426. The van der Waals surface area contributed by atoms with E-state index in [1.54, 1.807) is 13.8 Å². The number of rotatable bonds is 5. The Kier molecular flexibility index (Phi) is 4.43. The van der Waals surface area contributed by atoms with Crippen LogP contribution in [-0.2, 0) is 20.7 Å². The van der Waals surface area contributed by atoms with Gasteiger partial charge in [-0.3, -0.25) is 4.79 Å². The fraction of sp³-hybridized carbons (Fsp3) is 0.900. The van der Waals surface area contributed by atoms with Crippen LogP contribution in [0, 0.1) is 5.92 Å². The van der Waals surface area contributed by atoms with Crippen molar-refractivity contribution < 1.29 is 14.1 Å². The zero-order valence-corrected chi connectivity index (χ0v) is 10.1. The van der Waals surface area contributed by atoms with Gasteiger partial charge in [0, 0.05) is 13.2 Å². The summed E-state index contributed by atoms with van der Waals surface area (Å²) in [6.07, 6.45) is 1.89. The van der Waals surface area contributed by atoms with Crippen LogP contribution < -0.4 is 5.73 Å². The lowest BCUT2D eigenvalue weighted by Gasteiger charge is -2.26. The van der Waals surface area contributed by atoms with Crippen molar-refractivity contribution in [1.82, 2.24) is 0 Å². The highest BCUT2D eigenvalue weighted by Gasteiger charge is 2.38. The second-order valence-corrected chi connectivity index (χ2v) is 6.56. The van der Waals surface area contributed by atoms with Crippen molar-refractivity contribution in [3.8, 4) is 0 Å². The van der Waals surface area contributed by atoms with Gasteiger partial charge in [-0.2, -0.15) is 0 Å². The Morgan fingerprint density at radius 1 is 1.67 bits per heavy atom. The number of carbonyl (C=O) groups is 1. The lowest BCUT2D eigenvalue weighted by Crippen LogP contribution is -2.46. The minimum Gasteiger partial charge on any atom is -0.616 e. The van der Waals surface area contributed by atoms with Crippen molar-refractivity contribution >= 4 is 17.1 Å². The van der Waals surface area contributed by atoms with Crippen molar-refractivity contribution in [2.45, 2.75) is 31.4 Å². The van der Waals surface area contributed by atoms with Gasteiger partial charge in [0.25, 0.3) is 5.91 Å². The maximum atomic E-state index is 11.8. The molecular formula is C10H19NO3S. The van der Waals surface area contributed by atoms with Crippen molar-refractivity contribution in [3.05, 3.63) is 0 Å². The molecule has 15 heavy (non-hydrogen) atoms. The third kappa shape index (κ3) is 3.36. The summed E-state index contributed by atoms with van der Waals surface area (Å²) in [7, 11) is 0. The molecule has 1 aliphatic heterocycles. The zero-order chi connectivity index (χ0) is 11.5. The van der Waals surface area contributed by atoms with Gasteiger partial charge in [-0.05, 0) is 43.8 Å². The Balaban J connectivity index is 2.34. The van der Waals surface area contributed by atoms with Crippen LogP contribution in [0.25, 0.3) is 0 Å². The molecule has 5 heteroatoms. The van der Waals surface area contributed by atoms with Gasteiger partial charge in [-0.25, -0.2) is 0 Å². The Hall–Kier alpha value is -0.260. The first kappa shape index (κ1) is 12.8. The Morgan fingerprint density at radius 2 is 2.33 bits per heavy atom. The fourth-order valence-corrected chi connectivity index (χ4v) is 2.73. The highest BCUT2D eigenvalue weighted by Crippen LogP contribution is 2.22. The summed E-state index contributed by atoms with van der Waals surface area (Å²) in [5.74, 6) is 0.533. The van der Waals surface area contributed by atoms with E-state index in [0.29, 0.717) is 11.7 Å². The van der Waals surface area contributed by atoms with E-state index in [2.05, 4.69) is 0 Å². The predicted molar refractivity (Wildman–Crippen MR) is 59.8 cm³/mol. The van der Waals surface area contributed by atoms with Crippen LogP contribution in [0.1, 0.15) is 26.7 Å². The molecule has 1 aliphatic rings. The Labute approximate surface area is 93.7 Å². The minimum absolute atomic E-state index is 0.497. The molecule has 1 fully saturated rings. The van der Waals surface area contributed by atoms with Gasteiger partial charge in [0.2, 0.25) is 0 Å². The smallest absolute Gasteiger partial charge is 0.273 e. The lowest BCUT2D eigenvalue weighted by atomic mass is 10.1. The maximum absolute atomic E-state index is 11.8. The molecule has 2 N–H and O–H groups in total. The van der Waals surface area contributed by atoms with Crippen LogP contribution in [-0.4, -0.2) is 34.2 Å². The third-order valence-electron chi connectivity index (χ3n) is 2.90. The molecule has 0 unspecified atom stereocenters. The van der Waals surface area contributed by atoms with Crippen LogP contribution in [0.5, 0.6) is 0 Å². The SMILES string of the molecule is CC(C)(C(N)=O)[S@+]([O-])CC[C@@H]1CCOC1. The molecule has 0 spiro atoms. The summed E-state index contributed by atoms with van der Waals surface area (Å²) in [5.41, 5.74) is 5.20. The molecule has 1 saturated heterocycles. The van der Waals surface area contributed by atoms with E-state index in [9.17, 15) is 9.35 Å². The quantitative estimate of drug-likeness (QED) is 0.699. The summed E-state index contributed by atoms with van der Waals surface area (Å²) >= 11 is -1.19. The molecule has 0 aliphatic carbocycles. The van der Waals surface area contributed by atoms with E-state index in [-0.39, 0.29) is 0 Å². The molecular weight excluding hydrogens is 214 g/mol. The topological polar surface area (TPSA) is 75.4 Å². The average Bonchev–Trinajstić information content (AvgIpc) is 2.66. The third-order valence-corrected chi connectivity index (χ3v) is 4.84. The van der Waals surface area contributed by atoms with Crippen molar-refractivity contribution in [3.63, 3.8) is 0 Å². The molecule has 0 bridgehead atoms. The van der Waals surface area contributed by atoms with Gasteiger partial charge in [-0.1, -0.05) is 0 Å². The number of hydrogen-bond donors (Lipinski definition) is 1. The van der Waals surface area contributed by atoms with Crippen LogP contribution in [0.4, 0.5) is 0 Å². The van der Waals surface area contributed by atoms with Crippen molar-refractivity contribution in [1.29, 1.82) is 0 Å². The summed E-state index contributed by atoms with van der Waals surface area (Å²) in [6, 6.07) is 0. The molecule has 88 valence electrons. The number of carbonyl (C=O) groups excluding carboxylic acids is 1. The van der Waals surface area contributed by atoms with Crippen LogP contribution in [0.2, 0.25) is 0 Å². The molecule has 1 rings (SSSR count). The van der Waals surface area contributed by atoms with E-state index in [1.807, 2.05) is 0 Å². The monoisotopic (exact) mass is 233 g/mol. The van der Waals surface area contributed by atoms with E-state index >= 15 is 0 Å². The van der Waals surface area contributed by atoms with E-state index < -0.39 is 21.8 Å². The number of hydrogen-bond acceptors (Lipinski definition) is 3. The molecule has 0 aromatic rings.